The summed E-state index contributed by atoms with van der Waals surface area (Å²) < 4.78 is 44.9. The first kappa shape index (κ1) is 16.6. The average molecular weight is 361 g/mol. The predicted octanol–water partition coefficient (Wildman–Crippen LogP) is 3.04. The van der Waals surface area contributed by atoms with Gasteiger partial charge < -0.3 is 24.2 Å². The van der Waals surface area contributed by atoms with Gasteiger partial charge in [0.05, 0.1) is 5.69 Å². The minimum Gasteiger partial charge on any atom is -0.473 e. The number of anilines is 1. The van der Waals surface area contributed by atoms with E-state index in [-0.39, 0.29) is 12.2 Å². The first-order valence-electron chi connectivity index (χ1n) is 8.25. The van der Waals surface area contributed by atoms with Gasteiger partial charge in [-0.15, -0.1) is 0 Å². The molecule has 0 aliphatic carbocycles. The van der Waals surface area contributed by atoms with Crippen LogP contribution in [-0.4, -0.2) is 31.1 Å². The van der Waals surface area contributed by atoms with E-state index < -0.39 is 17.9 Å². The fourth-order valence-corrected chi connectivity index (χ4v) is 3.02. The van der Waals surface area contributed by atoms with E-state index in [9.17, 15) is 8.78 Å². The molecule has 1 N–H and O–H groups in total. The summed E-state index contributed by atoms with van der Waals surface area (Å²) in [5.41, 5.74) is 1.07. The highest BCUT2D eigenvalue weighted by atomic mass is 19.1. The molecule has 2 aliphatic heterocycles. The quantitative estimate of drug-likeness (QED) is 0.883. The summed E-state index contributed by atoms with van der Waals surface area (Å²) in [6, 6.07) is 4.18. The molecule has 0 amide bonds. The molecule has 136 valence electrons. The van der Waals surface area contributed by atoms with Crippen LogP contribution in [0.3, 0.4) is 0 Å². The second-order valence-electron chi connectivity index (χ2n) is 5.90. The Morgan fingerprint density at radius 2 is 2.15 bits per heavy atom. The number of hydrogen-bond donors (Lipinski definition) is 1. The van der Waals surface area contributed by atoms with E-state index >= 15 is 0 Å². The number of aromatic nitrogens is 1. The van der Waals surface area contributed by atoms with Crippen LogP contribution in [0.2, 0.25) is 0 Å². The van der Waals surface area contributed by atoms with Crippen LogP contribution >= 0.6 is 0 Å². The maximum absolute atomic E-state index is 14.6. The lowest BCUT2D eigenvalue weighted by Gasteiger charge is -2.25. The zero-order chi connectivity index (χ0) is 17.9. The second kappa shape index (κ2) is 7.17. The Morgan fingerprint density at radius 3 is 2.85 bits per heavy atom. The summed E-state index contributed by atoms with van der Waals surface area (Å²) in [4.78, 5) is 1.60. The number of nitrogens with one attached hydrogen (secondary N) is 1. The van der Waals surface area contributed by atoms with Gasteiger partial charge in [0.25, 0.3) is 5.88 Å². The van der Waals surface area contributed by atoms with Gasteiger partial charge in [0.2, 0.25) is 6.23 Å². The average Bonchev–Trinajstić information content (AvgIpc) is 3.32. The van der Waals surface area contributed by atoms with Crippen LogP contribution in [0.1, 0.15) is 12.0 Å². The molecule has 1 aromatic heterocycles. The van der Waals surface area contributed by atoms with Crippen LogP contribution in [0.4, 0.5) is 14.5 Å². The molecular weight excluding hydrogens is 344 g/mol. The van der Waals surface area contributed by atoms with E-state index in [1.165, 1.54) is 24.7 Å². The van der Waals surface area contributed by atoms with Crippen molar-refractivity contribution in [2.24, 2.45) is 0 Å². The molecular formula is C18H17F2N3O3. The van der Waals surface area contributed by atoms with Crippen LogP contribution in [0, 0.1) is 11.6 Å². The van der Waals surface area contributed by atoms with E-state index in [0.717, 1.165) is 0 Å². The molecule has 0 saturated carbocycles. The molecule has 6 nitrogen and oxygen atoms in total. The summed E-state index contributed by atoms with van der Waals surface area (Å²) in [6.45, 7) is 1.43. The van der Waals surface area contributed by atoms with Crippen molar-refractivity contribution in [2.75, 3.05) is 24.6 Å². The van der Waals surface area contributed by atoms with Crippen molar-refractivity contribution in [1.29, 1.82) is 0 Å². The number of ether oxygens (including phenoxy) is 2. The third-order valence-corrected chi connectivity index (χ3v) is 4.27. The van der Waals surface area contributed by atoms with Crippen molar-refractivity contribution < 1.29 is 22.8 Å². The fraction of sp³-hybridized carbons (Fsp3) is 0.278. The van der Waals surface area contributed by atoms with Crippen molar-refractivity contribution in [3.8, 4) is 5.88 Å². The monoisotopic (exact) mass is 361 g/mol. The van der Waals surface area contributed by atoms with Gasteiger partial charge in [-0.2, -0.15) is 0 Å². The maximum Gasteiger partial charge on any atom is 0.254 e. The molecule has 0 bridgehead atoms. The van der Waals surface area contributed by atoms with Crippen molar-refractivity contribution in [3.63, 3.8) is 0 Å². The highest BCUT2D eigenvalue weighted by Gasteiger charge is 2.26. The maximum atomic E-state index is 14.6. The Bertz CT molecular complexity index is 813. The van der Waals surface area contributed by atoms with Gasteiger partial charge in [0.15, 0.2) is 0 Å². The molecule has 8 heteroatoms. The molecule has 0 spiro atoms. The molecule has 26 heavy (non-hydrogen) atoms. The molecule has 1 unspecified atom stereocenters. The zero-order valence-corrected chi connectivity index (χ0v) is 13.8. The van der Waals surface area contributed by atoms with Crippen molar-refractivity contribution in [2.45, 2.75) is 12.6 Å². The lowest BCUT2D eigenvalue weighted by molar-refractivity contribution is 0.104. The first-order chi connectivity index (χ1) is 12.7. The van der Waals surface area contributed by atoms with Gasteiger partial charge in [-0.1, -0.05) is 6.08 Å². The molecule has 3 heterocycles. The molecule has 0 fully saturated rings. The Labute approximate surface area is 148 Å². The zero-order valence-electron chi connectivity index (χ0n) is 13.8. The fourth-order valence-electron chi connectivity index (χ4n) is 3.02. The second-order valence-corrected chi connectivity index (χ2v) is 5.90. The number of hydrogen-bond acceptors (Lipinski definition) is 6. The minimum atomic E-state index is -0.593. The summed E-state index contributed by atoms with van der Waals surface area (Å²) in [5.74, 6) is -0.875. The van der Waals surface area contributed by atoms with E-state index in [2.05, 4.69) is 15.0 Å². The highest BCUT2D eigenvalue weighted by molar-refractivity contribution is 5.70. The number of nitrogens with zero attached hydrogens (tertiary/aromatic N) is 2. The summed E-state index contributed by atoms with van der Waals surface area (Å²) >= 11 is 0. The van der Waals surface area contributed by atoms with Crippen LogP contribution in [0.15, 0.2) is 47.5 Å². The minimum absolute atomic E-state index is 0.0368. The lowest BCUT2D eigenvalue weighted by atomic mass is 9.98. The standard InChI is InChI=1S/C18H17F2N3O3/c19-14-9-13(10-15(20)18(14)12-1-4-21-5-2-12)23-6-8-24-17(23)11-25-16-3-7-26-22-16/h1,3,6-10,17,21H,2,4-5,11H2. The van der Waals surface area contributed by atoms with E-state index in [0.29, 0.717) is 36.7 Å². The molecule has 0 radical (unpaired) electrons. The Hall–Kier alpha value is -2.87. The first-order valence-corrected chi connectivity index (χ1v) is 8.25. The molecule has 1 aromatic carbocycles. The highest BCUT2D eigenvalue weighted by Crippen LogP contribution is 2.31. The largest absolute Gasteiger partial charge is 0.473 e. The SMILES string of the molecule is Fc1cc(N2C=COC2COc2ccon2)cc(F)c1C1=CCNCC1. The van der Waals surface area contributed by atoms with E-state index in [1.54, 1.807) is 17.2 Å². The van der Waals surface area contributed by atoms with Gasteiger partial charge in [-0.3, -0.25) is 0 Å². The summed E-state index contributed by atoms with van der Waals surface area (Å²) in [6.07, 6.45) is 6.30. The van der Waals surface area contributed by atoms with Crippen molar-refractivity contribution >= 4 is 11.3 Å². The molecule has 4 rings (SSSR count). The van der Waals surface area contributed by atoms with Gasteiger partial charge in [-0.05, 0) is 35.8 Å². The van der Waals surface area contributed by atoms with Gasteiger partial charge in [-0.25, -0.2) is 8.78 Å². The third-order valence-electron chi connectivity index (χ3n) is 4.27. The number of benzene rings is 1. The van der Waals surface area contributed by atoms with E-state index in [1.807, 2.05) is 6.08 Å². The van der Waals surface area contributed by atoms with Crippen LogP contribution in [0.25, 0.3) is 5.57 Å². The number of halogens is 2. The lowest BCUT2D eigenvalue weighted by Crippen LogP contribution is -2.33. The van der Waals surface area contributed by atoms with Crippen molar-refractivity contribution in [1.82, 2.24) is 10.5 Å². The Kier molecular flexibility index (Phi) is 4.57. The van der Waals surface area contributed by atoms with Gasteiger partial charge in [0, 0.05) is 24.4 Å². The third kappa shape index (κ3) is 3.28. The van der Waals surface area contributed by atoms with Gasteiger partial charge >= 0.3 is 0 Å². The molecule has 2 aliphatic rings. The smallest absolute Gasteiger partial charge is 0.254 e. The van der Waals surface area contributed by atoms with Crippen LogP contribution in [-0.2, 0) is 4.74 Å². The van der Waals surface area contributed by atoms with Gasteiger partial charge in [0.1, 0.15) is 30.8 Å². The molecule has 2 aromatic rings. The van der Waals surface area contributed by atoms with Crippen molar-refractivity contribution in [3.05, 3.63) is 60.2 Å². The number of rotatable bonds is 5. The van der Waals surface area contributed by atoms with E-state index in [4.69, 9.17) is 9.47 Å². The van der Waals surface area contributed by atoms with Crippen LogP contribution < -0.4 is 15.0 Å². The topological polar surface area (TPSA) is 59.8 Å². The normalized spacial score (nSPS) is 19.4. The predicted molar refractivity (Wildman–Crippen MR) is 90.3 cm³/mol. The summed E-state index contributed by atoms with van der Waals surface area (Å²) in [5, 5.41) is 6.77. The molecule has 1 atom stereocenters. The Morgan fingerprint density at radius 1 is 1.31 bits per heavy atom. The molecule has 0 saturated heterocycles. The van der Waals surface area contributed by atoms with Crippen LogP contribution in [0.5, 0.6) is 5.88 Å². The summed E-state index contributed by atoms with van der Waals surface area (Å²) in [7, 11) is 0. The Balaban J connectivity index is 1.54.